The fourth-order valence-electron chi connectivity index (χ4n) is 3.31. The molecule has 4 aliphatic rings. The summed E-state index contributed by atoms with van der Waals surface area (Å²) in [5, 5.41) is 12.3. The van der Waals surface area contributed by atoms with Crippen molar-refractivity contribution in [1.82, 2.24) is 0 Å². The number of fused-ring (bicyclic) bond motifs is 2. The predicted molar refractivity (Wildman–Crippen MR) is 76.2 cm³/mol. The van der Waals surface area contributed by atoms with Crippen LogP contribution in [0.15, 0.2) is 22.8 Å². The molecule has 2 fully saturated rings. The fourth-order valence-corrected chi connectivity index (χ4v) is 5.59. The average molecular weight is 280 g/mol. The van der Waals surface area contributed by atoms with Crippen LogP contribution in [0.2, 0.25) is 0 Å². The maximum atomic E-state index is 11.4. The molecular formula is C14H16O2S2. The molecule has 0 radical (unpaired) electrons. The van der Waals surface area contributed by atoms with Gasteiger partial charge in [-0.15, -0.1) is 23.5 Å². The second-order valence-electron chi connectivity index (χ2n) is 5.62. The van der Waals surface area contributed by atoms with Crippen molar-refractivity contribution in [3.63, 3.8) is 0 Å². The van der Waals surface area contributed by atoms with Gasteiger partial charge in [0.05, 0.1) is 0 Å². The Morgan fingerprint density at radius 2 is 2.11 bits per heavy atom. The molecule has 18 heavy (non-hydrogen) atoms. The third kappa shape index (κ3) is 1.94. The highest BCUT2D eigenvalue weighted by molar-refractivity contribution is 8.08. The standard InChI is InChI=1S/C14H16O2S2/c15-14(16)8-2-4-11-13(18-11)9(8)5-7-1-3-10-12(6-7)17-10/h6,10-13H,1-5H2,(H,15,16). The molecule has 0 spiro atoms. The van der Waals surface area contributed by atoms with E-state index in [1.165, 1.54) is 24.0 Å². The molecule has 2 saturated heterocycles. The van der Waals surface area contributed by atoms with Crippen LogP contribution in [0.5, 0.6) is 0 Å². The van der Waals surface area contributed by atoms with Gasteiger partial charge < -0.3 is 5.11 Å². The number of hydrogen-bond acceptors (Lipinski definition) is 3. The van der Waals surface area contributed by atoms with E-state index in [1.807, 2.05) is 11.8 Å². The summed E-state index contributed by atoms with van der Waals surface area (Å²) in [5.41, 5.74) is 3.48. The lowest BCUT2D eigenvalue weighted by Crippen LogP contribution is -2.16. The second kappa shape index (κ2) is 4.07. The Hall–Kier alpha value is -0.350. The maximum Gasteiger partial charge on any atom is 0.331 e. The van der Waals surface area contributed by atoms with Crippen molar-refractivity contribution in [3.05, 3.63) is 22.8 Å². The molecule has 2 nitrogen and oxygen atoms in total. The Morgan fingerprint density at radius 1 is 1.28 bits per heavy atom. The molecule has 0 aromatic rings. The van der Waals surface area contributed by atoms with Crippen LogP contribution in [0.3, 0.4) is 0 Å². The number of carboxylic acid groups (broad SMARTS) is 1. The van der Waals surface area contributed by atoms with Crippen LogP contribution in [0.25, 0.3) is 0 Å². The molecule has 4 rings (SSSR count). The zero-order valence-electron chi connectivity index (χ0n) is 10.1. The van der Waals surface area contributed by atoms with Gasteiger partial charge in [-0.1, -0.05) is 11.6 Å². The zero-order valence-corrected chi connectivity index (χ0v) is 11.7. The Balaban J connectivity index is 1.59. The zero-order chi connectivity index (χ0) is 12.3. The SMILES string of the molecule is O=C(O)C1=C(CC2=CC3SC3CC2)C2SC2CC1. The van der Waals surface area contributed by atoms with E-state index in [9.17, 15) is 9.90 Å². The number of rotatable bonds is 3. The van der Waals surface area contributed by atoms with Gasteiger partial charge in [0.1, 0.15) is 0 Å². The molecule has 0 aromatic carbocycles. The van der Waals surface area contributed by atoms with E-state index < -0.39 is 5.97 Å². The van der Waals surface area contributed by atoms with Crippen LogP contribution in [0, 0.1) is 0 Å². The van der Waals surface area contributed by atoms with Crippen LogP contribution < -0.4 is 0 Å². The number of carbonyl (C=O) groups is 1. The Kier molecular flexibility index (Phi) is 2.60. The third-order valence-corrected chi connectivity index (χ3v) is 7.23. The van der Waals surface area contributed by atoms with Gasteiger partial charge in [0.15, 0.2) is 0 Å². The van der Waals surface area contributed by atoms with E-state index in [4.69, 9.17) is 0 Å². The minimum absolute atomic E-state index is 0.537. The van der Waals surface area contributed by atoms with E-state index in [2.05, 4.69) is 17.8 Å². The van der Waals surface area contributed by atoms with E-state index >= 15 is 0 Å². The van der Waals surface area contributed by atoms with E-state index in [1.54, 1.807) is 0 Å². The lowest BCUT2D eigenvalue weighted by Gasteiger charge is -2.19. The van der Waals surface area contributed by atoms with Crippen LogP contribution >= 0.6 is 23.5 Å². The summed E-state index contributed by atoms with van der Waals surface area (Å²) in [5.74, 6) is -0.675. The summed E-state index contributed by atoms with van der Waals surface area (Å²) in [6, 6.07) is 0. The first-order valence-corrected chi connectivity index (χ1v) is 8.56. The smallest absolute Gasteiger partial charge is 0.331 e. The first kappa shape index (κ1) is 11.5. The van der Waals surface area contributed by atoms with Crippen molar-refractivity contribution in [2.24, 2.45) is 0 Å². The van der Waals surface area contributed by atoms with Gasteiger partial charge in [0, 0.05) is 26.6 Å². The van der Waals surface area contributed by atoms with Crippen molar-refractivity contribution >= 4 is 29.5 Å². The summed E-state index contributed by atoms with van der Waals surface area (Å²) in [6.45, 7) is 0. The highest BCUT2D eigenvalue weighted by Gasteiger charge is 2.46. The molecule has 4 unspecified atom stereocenters. The van der Waals surface area contributed by atoms with Gasteiger partial charge >= 0.3 is 5.97 Å². The minimum atomic E-state index is -0.675. The summed E-state index contributed by atoms with van der Waals surface area (Å²) < 4.78 is 0. The average Bonchev–Trinajstić information content (AvgIpc) is 3.22. The van der Waals surface area contributed by atoms with Crippen molar-refractivity contribution in [1.29, 1.82) is 0 Å². The fraction of sp³-hybridized carbons (Fsp3) is 0.643. The van der Waals surface area contributed by atoms with Crippen LogP contribution in [-0.2, 0) is 4.79 Å². The Morgan fingerprint density at radius 3 is 2.89 bits per heavy atom. The van der Waals surface area contributed by atoms with Crippen molar-refractivity contribution in [3.8, 4) is 0 Å². The summed E-state index contributed by atoms with van der Waals surface area (Å²) in [6.07, 6.45) is 7.71. The third-order valence-electron chi connectivity index (χ3n) is 4.44. The highest BCUT2D eigenvalue weighted by Crippen LogP contribution is 2.56. The van der Waals surface area contributed by atoms with Crippen molar-refractivity contribution in [2.75, 3.05) is 0 Å². The first-order valence-electron chi connectivity index (χ1n) is 6.68. The number of carboxylic acids is 1. The molecule has 2 heterocycles. The Bertz CT molecular complexity index is 480. The van der Waals surface area contributed by atoms with Gasteiger partial charge in [-0.3, -0.25) is 0 Å². The van der Waals surface area contributed by atoms with Gasteiger partial charge in [0.25, 0.3) is 0 Å². The summed E-state index contributed by atoms with van der Waals surface area (Å²) in [4.78, 5) is 11.4. The lowest BCUT2D eigenvalue weighted by molar-refractivity contribution is -0.132. The summed E-state index contributed by atoms with van der Waals surface area (Å²) >= 11 is 4.04. The predicted octanol–water partition coefficient (Wildman–Crippen LogP) is 3.24. The molecule has 2 aliphatic heterocycles. The first-order chi connectivity index (χ1) is 8.72. The monoisotopic (exact) mass is 280 g/mol. The quantitative estimate of drug-likeness (QED) is 0.636. The van der Waals surface area contributed by atoms with E-state index in [-0.39, 0.29) is 0 Å². The topological polar surface area (TPSA) is 37.3 Å². The number of allylic oxidation sites excluding steroid dienone is 1. The molecule has 0 saturated carbocycles. The number of aliphatic carboxylic acids is 1. The molecule has 4 heteroatoms. The number of thioether (sulfide) groups is 2. The highest BCUT2D eigenvalue weighted by atomic mass is 32.2. The Labute approximate surface area is 115 Å². The van der Waals surface area contributed by atoms with Gasteiger partial charge in [-0.05, 0) is 37.7 Å². The molecule has 0 bridgehead atoms. The molecule has 4 atom stereocenters. The molecule has 2 aliphatic carbocycles. The maximum absolute atomic E-state index is 11.4. The minimum Gasteiger partial charge on any atom is -0.478 e. The van der Waals surface area contributed by atoms with Gasteiger partial charge in [-0.25, -0.2) is 4.79 Å². The molecular weight excluding hydrogens is 264 g/mol. The van der Waals surface area contributed by atoms with Crippen LogP contribution in [0.4, 0.5) is 0 Å². The molecule has 1 N–H and O–H groups in total. The molecule has 96 valence electrons. The normalized spacial score (nSPS) is 40.8. The van der Waals surface area contributed by atoms with E-state index in [0.29, 0.717) is 5.25 Å². The van der Waals surface area contributed by atoms with Crippen molar-refractivity contribution < 1.29 is 9.90 Å². The van der Waals surface area contributed by atoms with Gasteiger partial charge in [0.2, 0.25) is 0 Å². The lowest BCUT2D eigenvalue weighted by atomic mass is 9.85. The van der Waals surface area contributed by atoms with Crippen molar-refractivity contribution in [2.45, 2.75) is 53.1 Å². The van der Waals surface area contributed by atoms with Crippen LogP contribution in [-0.4, -0.2) is 32.1 Å². The summed E-state index contributed by atoms with van der Waals surface area (Å²) in [7, 11) is 0. The largest absolute Gasteiger partial charge is 0.478 e. The van der Waals surface area contributed by atoms with Gasteiger partial charge in [-0.2, -0.15) is 0 Å². The number of hydrogen-bond donors (Lipinski definition) is 1. The molecule has 0 aromatic heterocycles. The van der Waals surface area contributed by atoms with E-state index in [0.717, 1.165) is 40.6 Å². The second-order valence-corrected chi connectivity index (χ2v) is 8.43. The molecule has 0 amide bonds. The van der Waals surface area contributed by atoms with Crippen LogP contribution in [0.1, 0.15) is 32.1 Å².